The van der Waals surface area contributed by atoms with Crippen LogP contribution in [0.1, 0.15) is 58.3 Å². The van der Waals surface area contributed by atoms with Crippen LogP contribution >= 0.6 is 0 Å². The van der Waals surface area contributed by atoms with E-state index in [9.17, 15) is 4.79 Å². The third-order valence-corrected chi connectivity index (χ3v) is 4.53. The Bertz CT molecular complexity index is 261. The summed E-state index contributed by atoms with van der Waals surface area (Å²) in [6, 6.07) is 0.605. The predicted octanol–water partition coefficient (Wildman–Crippen LogP) is 2.29. The molecule has 0 heterocycles. The van der Waals surface area contributed by atoms with Crippen LogP contribution in [0.2, 0.25) is 0 Å². The van der Waals surface area contributed by atoms with E-state index < -0.39 is 0 Å². The van der Waals surface area contributed by atoms with Gasteiger partial charge in [-0.3, -0.25) is 4.79 Å². The fraction of sp³-hybridized carbons (Fsp3) is 0.929. The third kappa shape index (κ3) is 2.82. The molecule has 2 aliphatic rings. The Morgan fingerprint density at radius 3 is 2.29 bits per heavy atom. The minimum Gasteiger partial charge on any atom is -0.340 e. The third-order valence-electron chi connectivity index (χ3n) is 4.53. The standard InChI is InChI=1S/C14H26N2O/c1-2-16(11-7-3-4-8-11)14(17)12-9-5-6-10-13(12)15/h11-13H,2-10,15H2,1H3. The minimum atomic E-state index is 0.101. The van der Waals surface area contributed by atoms with Gasteiger partial charge in [-0.1, -0.05) is 25.7 Å². The van der Waals surface area contributed by atoms with E-state index in [0.29, 0.717) is 11.9 Å². The zero-order valence-corrected chi connectivity index (χ0v) is 11.0. The van der Waals surface area contributed by atoms with Crippen molar-refractivity contribution in [3.8, 4) is 0 Å². The van der Waals surface area contributed by atoms with Gasteiger partial charge in [-0.05, 0) is 32.6 Å². The number of rotatable bonds is 3. The summed E-state index contributed by atoms with van der Waals surface area (Å²) in [6.07, 6.45) is 9.36. The maximum Gasteiger partial charge on any atom is 0.227 e. The van der Waals surface area contributed by atoms with Crippen LogP contribution in [-0.4, -0.2) is 29.4 Å². The van der Waals surface area contributed by atoms with E-state index in [1.54, 1.807) is 0 Å². The summed E-state index contributed by atoms with van der Waals surface area (Å²) in [5.41, 5.74) is 6.12. The molecule has 0 aromatic carbocycles. The summed E-state index contributed by atoms with van der Waals surface area (Å²) in [6.45, 7) is 2.96. The monoisotopic (exact) mass is 238 g/mol. The summed E-state index contributed by atoms with van der Waals surface area (Å²) in [5, 5.41) is 0. The topological polar surface area (TPSA) is 46.3 Å². The van der Waals surface area contributed by atoms with Gasteiger partial charge >= 0.3 is 0 Å². The number of carbonyl (C=O) groups excluding carboxylic acids is 1. The summed E-state index contributed by atoms with van der Waals surface area (Å²) in [5.74, 6) is 0.441. The molecule has 3 nitrogen and oxygen atoms in total. The van der Waals surface area contributed by atoms with Gasteiger partial charge in [0.15, 0.2) is 0 Å². The molecule has 2 fully saturated rings. The van der Waals surface area contributed by atoms with Gasteiger partial charge in [-0.2, -0.15) is 0 Å². The molecule has 2 atom stereocenters. The molecule has 0 spiro atoms. The van der Waals surface area contributed by atoms with E-state index in [0.717, 1.165) is 19.4 Å². The number of amides is 1. The van der Waals surface area contributed by atoms with Crippen LogP contribution in [0, 0.1) is 5.92 Å². The molecule has 98 valence electrons. The smallest absolute Gasteiger partial charge is 0.227 e. The molecule has 0 bridgehead atoms. The normalized spacial score (nSPS) is 30.5. The number of hydrogen-bond acceptors (Lipinski definition) is 2. The Morgan fingerprint density at radius 2 is 1.71 bits per heavy atom. The molecular formula is C14H26N2O. The molecule has 2 aliphatic carbocycles. The van der Waals surface area contributed by atoms with Crippen molar-refractivity contribution < 1.29 is 4.79 Å². The van der Waals surface area contributed by atoms with Crippen LogP contribution in [0.5, 0.6) is 0 Å². The summed E-state index contributed by atoms with van der Waals surface area (Å²) < 4.78 is 0. The Balaban J connectivity index is 2.00. The minimum absolute atomic E-state index is 0.101. The number of nitrogens with two attached hydrogens (primary N) is 1. The lowest BCUT2D eigenvalue weighted by atomic mass is 9.84. The van der Waals surface area contributed by atoms with Crippen molar-refractivity contribution in [1.82, 2.24) is 4.90 Å². The van der Waals surface area contributed by atoms with Crippen molar-refractivity contribution in [2.45, 2.75) is 70.4 Å². The lowest BCUT2D eigenvalue weighted by Gasteiger charge is -2.35. The highest BCUT2D eigenvalue weighted by Gasteiger charge is 2.34. The van der Waals surface area contributed by atoms with Crippen LogP contribution in [0.3, 0.4) is 0 Å². The molecule has 17 heavy (non-hydrogen) atoms. The van der Waals surface area contributed by atoms with Crippen LogP contribution in [0.15, 0.2) is 0 Å². The van der Waals surface area contributed by atoms with Gasteiger partial charge < -0.3 is 10.6 Å². The fourth-order valence-electron chi connectivity index (χ4n) is 3.49. The average Bonchev–Trinajstić information content (AvgIpc) is 2.84. The molecule has 2 unspecified atom stereocenters. The molecule has 1 amide bonds. The average molecular weight is 238 g/mol. The van der Waals surface area contributed by atoms with Crippen LogP contribution < -0.4 is 5.73 Å². The molecule has 2 rings (SSSR count). The Hall–Kier alpha value is -0.570. The van der Waals surface area contributed by atoms with Gasteiger partial charge in [-0.15, -0.1) is 0 Å². The lowest BCUT2D eigenvalue weighted by Crippen LogP contribution is -2.48. The van der Waals surface area contributed by atoms with E-state index in [1.807, 2.05) is 0 Å². The van der Waals surface area contributed by atoms with Crippen molar-refractivity contribution in [3.05, 3.63) is 0 Å². The second-order valence-electron chi connectivity index (χ2n) is 5.62. The highest BCUT2D eigenvalue weighted by molar-refractivity contribution is 5.80. The summed E-state index contributed by atoms with van der Waals surface area (Å²) in [7, 11) is 0. The number of carbonyl (C=O) groups is 1. The number of hydrogen-bond donors (Lipinski definition) is 1. The number of nitrogens with zero attached hydrogens (tertiary/aromatic N) is 1. The Kier molecular flexibility index (Phi) is 4.43. The molecule has 0 radical (unpaired) electrons. The molecule has 3 heteroatoms. The Labute approximate surface area is 105 Å². The van der Waals surface area contributed by atoms with Crippen LogP contribution in [0.4, 0.5) is 0 Å². The molecule has 0 aromatic rings. The van der Waals surface area contributed by atoms with Gasteiger partial charge in [0, 0.05) is 18.6 Å². The molecule has 0 aliphatic heterocycles. The first-order valence-electron chi connectivity index (χ1n) is 7.30. The quantitative estimate of drug-likeness (QED) is 0.820. The van der Waals surface area contributed by atoms with Crippen molar-refractivity contribution in [1.29, 1.82) is 0 Å². The zero-order chi connectivity index (χ0) is 12.3. The molecule has 0 aromatic heterocycles. The van der Waals surface area contributed by atoms with E-state index in [2.05, 4.69) is 11.8 Å². The lowest BCUT2D eigenvalue weighted by molar-refractivity contribution is -0.139. The summed E-state index contributed by atoms with van der Waals surface area (Å²) >= 11 is 0. The van der Waals surface area contributed by atoms with Crippen molar-refractivity contribution in [2.75, 3.05) is 6.54 Å². The first-order valence-corrected chi connectivity index (χ1v) is 7.30. The molecule has 0 saturated heterocycles. The van der Waals surface area contributed by atoms with Gasteiger partial charge in [0.05, 0.1) is 5.92 Å². The molecule has 2 saturated carbocycles. The first kappa shape index (κ1) is 12.9. The Morgan fingerprint density at radius 1 is 1.12 bits per heavy atom. The predicted molar refractivity (Wildman–Crippen MR) is 69.6 cm³/mol. The van der Waals surface area contributed by atoms with Crippen LogP contribution in [-0.2, 0) is 4.79 Å². The molecular weight excluding hydrogens is 212 g/mol. The van der Waals surface area contributed by atoms with Crippen LogP contribution in [0.25, 0.3) is 0 Å². The van der Waals surface area contributed by atoms with E-state index in [-0.39, 0.29) is 12.0 Å². The van der Waals surface area contributed by atoms with Gasteiger partial charge in [0.1, 0.15) is 0 Å². The van der Waals surface area contributed by atoms with Crippen molar-refractivity contribution >= 4 is 5.91 Å². The molecule has 2 N–H and O–H groups in total. The van der Waals surface area contributed by atoms with Crippen molar-refractivity contribution in [3.63, 3.8) is 0 Å². The SMILES string of the molecule is CCN(C(=O)C1CCCCC1N)C1CCCC1. The highest BCUT2D eigenvalue weighted by Crippen LogP contribution is 2.29. The van der Waals surface area contributed by atoms with E-state index >= 15 is 0 Å². The largest absolute Gasteiger partial charge is 0.340 e. The maximum atomic E-state index is 12.6. The van der Waals surface area contributed by atoms with Gasteiger partial charge in [0.2, 0.25) is 5.91 Å². The van der Waals surface area contributed by atoms with Gasteiger partial charge in [-0.25, -0.2) is 0 Å². The highest BCUT2D eigenvalue weighted by atomic mass is 16.2. The maximum absolute atomic E-state index is 12.6. The second-order valence-corrected chi connectivity index (χ2v) is 5.62. The summed E-state index contributed by atoms with van der Waals surface area (Å²) in [4.78, 5) is 14.7. The fourth-order valence-corrected chi connectivity index (χ4v) is 3.49. The van der Waals surface area contributed by atoms with E-state index in [1.165, 1.54) is 38.5 Å². The first-order chi connectivity index (χ1) is 8.24. The van der Waals surface area contributed by atoms with Crippen molar-refractivity contribution in [2.24, 2.45) is 11.7 Å². The zero-order valence-electron chi connectivity index (χ0n) is 11.0. The van der Waals surface area contributed by atoms with Gasteiger partial charge in [0.25, 0.3) is 0 Å². The second kappa shape index (κ2) is 5.85. The van der Waals surface area contributed by atoms with E-state index in [4.69, 9.17) is 5.73 Å².